The largest absolute Gasteiger partial charge is 0.326 e. The molecular weight excluding hydrogens is 408 g/mol. The first-order valence-corrected chi connectivity index (χ1v) is 12.1. The SMILES string of the molecule is CCc1cccc(NC(=O)CCS(=O)(=O)c2ccc3c(c2)SC(CC)C(=O)N3)c1. The Morgan fingerprint density at radius 2 is 1.97 bits per heavy atom. The lowest BCUT2D eigenvalue weighted by Crippen LogP contribution is -2.28. The summed E-state index contributed by atoms with van der Waals surface area (Å²) < 4.78 is 25.4. The highest BCUT2D eigenvalue weighted by Crippen LogP contribution is 2.38. The quantitative estimate of drug-likeness (QED) is 0.693. The van der Waals surface area contributed by atoms with E-state index in [0.717, 1.165) is 16.9 Å². The van der Waals surface area contributed by atoms with Gasteiger partial charge in [0.15, 0.2) is 9.84 Å². The summed E-state index contributed by atoms with van der Waals surface area (Å²) in [5.74, 6) is -0.684. The summed E-state index contributed by atoms with van der Waals surface area (Å²) in [6.07, 6.45) is 1.39. The molecule has 0 radical (unpaired) electrons. The number of hydrogen-bond donors (Lipinski definition) is 2. The molecule has 1 heterocycles. The van der Waals surface area contributed by atoms with Gasteiger partial charge in [0.25, 0.3) is 0 Å². The number of carbonyl (C=O) groups is 2. The van der Waals surface area contributed by atoms with Gasteiger partial charge in [-0.25, -0.2) is 8.42 Å². The molecule has 8 heteroatoms. The maximum atomic E-state index is 12.7. The normalized spacial score (nSPS) is 16.1. The van der Waals surface area contributed by atoms with Crippen molar-refractivity contribution in [2.75, 3.05) is 16.4 Å². The Balaban J connectivity index is 1.66. The molecular formula is C21H24N2O4S2. The second-order valence-electron chi connectivity index (χ2n) is 6.83. The fourth-order valence-electron chi connectivity index (χ4n) is 3.02. The minimum absolute atomic E-state index is 0.0654. The molecule has 0 saturated heterocycles. The molecule has 1 aliphatic heterocycles. The summed E-state index contributed by atoms with van der Waals surface area (Å²) in [5.41, 5.74) is 2.38. The maximum Gasteiger partial charge on any atom is 0.237 e. The minimum atomic E-state index is -3.62. The van der Waals surface area contributed by atoms with Crippen LogP contribution in [-0.4, -0.2) is 31.2 Å². The van der Waals surface area contributed by atoms with Crippen molar-refractivity contribution in [2.45, 2.75) is 48.2 Å². The van der Waals surface area contributed by atoms with Gasteiger partial charge in [0, 0.05) is 17.0 Å². The molecule has 0 aliphatic carbocycles. The molecule has 2 N–H and O–H groups in total. The average Bonchev–Trinajstić information content (AvgIpc) is 2.71. The Morgan fingerprint density at radius 1 is 1.17 bits per heavy atom. The smallest absolute Gasteiger partial charge is 0.237 e. The van der Waals surface area contributed by atoms with Crippen molar-refractivity contribution >= 4 is 44.8 Å². The van der Waals surface area contributed by atoms with Gasteiger partial charge in [0.2, 0.25) is 11.8 Å². The van der Waals surface area contributed by atoms with E-state index in [1.165, 1.54) is 17.8 Å². The number of nitrogens with one attached hydrogen (secondary N) is 2. The van der Waals surface area contributed by atoms with E-state index in [1.54, 1.807) is 18.2 Å². The molecule has 29 heavy (non-hydrogen) atoms. The first-order valence-electron chi connectivity index (χ1n) is 9.55. The average molecular weight is 433 g/mol. The molecule has 1 atom stereocenters. The molecule has 154 valence electrons. The van der Waals surface area contributed by atoms with Gasteiger partial charge in [-0.05, 0) is 48.7 Å². The monoisotopic (exact) mass is 432 g/mol. The minimum Gasteiger partial charge on any atom is -0.326 e. The van der Waals surface area contributed by atoms with E-state index in [4.69, 9.17) is 0 Å². The van der Waals surface area contributed by atoms with Crippen molar-refractivity contribution in [1.29, 1.82) is 0 Å². The van der Waals surface area contributed by atoms with E-state index >= 15 is 0 Å². The molecule has 3 rings (SSSR count). The molecule has 0 aromatic heterocycles. The van der Waals surface area contributed by atoms with Crippen LogP contribution < -0.4 is 10.6 Å². The molecule has 0 fully saturated rings. The van der Waals surface area contributed by atoms with E-state index in [2.05, 4.69) is 10.6 Å². The third kappa shape index (κ3) is 5.19. The Hall–Kier alpha value is -2.32. The predicted octanol–water partition coefficient (Wildman–Crippen LogP) is 3.87. The summed E-state index contributed by atoms with van der Waals surface area (Å²) in [6.45, 7) is 3.94. The van der Waals surface area contributed by atoms with Gasteiger partial charge >= 0.3 is 0 Å². The Morgan fingerprint density at radius 3 is 2.69 bits per heavy atom. The van der Waals surface area contributed by atoms with Gasteiger partial charge in [-0.15, -0.1) is 11.8 Å². The summed E-state index contributed by atoms with van der Waals surface area (Å²) in [5, 5.41) is 5.33. The highest BCUT2D eigenvalue weighted by molar-refractivity contribution is 8.01. The molecule has 1 aliphatic rings. The number of sulfone groups is 1. The lowest BCUT2D eigenvalue weighted by atomic mass is 10.1. The first-order chi connectivity index (χ1) is 13.8. The van der Waals surface area contributed by atoms with Crippen LogP contribution in [0.1, 0.15) is 32.3 Å². The van der Waals surface area contributed by atoms with Crippen molar-refractivity contribution < 1.29 is 18.0 Å². The number of fused-ring (bicyclic) bond motifs is 1. The van der Waals surface area contributed by atoms with Crippen molar-refractivity contribution in [2.24, 2.45) is 0 Å². The van der Waals surface area contributed by atoms with Crippen LogP contribution in [0.15, 0.2) is 52.3 Å². The summed E-state index contributed by atoms with van der Waals surface area (Å²) >= 11 is 1.37. The molecule has 2 amide bonds. The molecule has 1 unspecified atom stereocenters. The zero-order valence-electron chi connectivity index (χ0n) is 16.4. The molecule has 6 nitrogen and oxygen atoms in total. The van der Waals surface area contributed by atoms with Crippen LogP contribution in [0.25, 0.3) is 0 Å². The van der Waals surface area contributed by atoms with Crippen LogP contribution in [0, 0.1) is 0 Å². The third-order valence-corrected chi connectivity index (χ3v) is 7.86. The lowest BCUT2D eigenvalue weighted by molar-refractivity contribution is -0.116. The third-order valence-electron chi connectivity index (χ3n) is 4.72. The first kappa shape index (κ1) is 21.4. The summed E-state index contributed by atoms with van der Waals surface area (Å²) in [4.78, 5) is 25.1. The number of benzene rings is 2. The van der Waals surface area contributed by atoms with Gasteiger partial charge in [-0.2, -0.15) is 0 Å². The summed E-state index contributed by atoms with van der Waals surface area (Å²) in [6, 6.07) is 12.2. The van der Waals surface area contributed by atoms with Crippen LogP contribution in [0.3, 0.4) is 0 Å². The summed E-state index contributed by atoms with van der Waals surface area (Å²) in [7, 11) is -3.62. The topological polar surface area (TPSA) is 92.3 Å². The van der Waals surface area contributed by atoms with Crippen molar-refractivity contribution in [3.05, 3.63) is 48.0 Å². The number of hydrogen-bond acceptors (Lipinski definition) is 5. The fourth-order valence-corrected chi connectivity index (χ4v) is 5.44. The van der Waals surface area contributed by atoms with Crippen LogP contribution in [0.2, 0.25) is 0 Å². The number of carbonyl (C=O) groups excluding carboxylic acids is 2. The highest BCUT2D eigenvalue weighted by atomic mass is 32.2. The van der Waals surface area contributed by atoms with Crippen LogP contribution in [0.4, 0.5) is 11.4 Å². The van der Waals surface area contributed by atoms with E-state index in [9.17, 15) is 18.0 Å². The van der Waals surface area contributed by atoms with Crippen molar-refractivity contribution in [1.82, 2.24) is 0 Å². The number of thioether (sulfide) groups is 1. The highest BCUT2D eigenvalue weighted by Gasteiger charge is 2.27. The van der Waals surface area contributed by atoms with Gasteiger partial charge in [-0.1, -0.05) is 26.0 Å². The number of rotatable bonds is 7. The number of amides is 2. The van der Waals surface area contributed by atoms with Crippen molar-refractivity contribution in [3.8, 4) is 0 Å². The molecule has 0 saturated carbocycles. The van der Waals surface area contributed by atoms with E-state index < -0.39 is 9.84 Å². The van der Waals surface area contributed by atoms with Crippen LogP contribution >= 0.6 is 11.8 Å². The lowest BCUT2D eigenvalue weighted by Gasteiger charge is -2.23. The Labute approximate surface area is 175 Å². The van der Waals surface area contributed by atoms with Gasteiger partial charge < -0.3 is 10.6 Å². The number of aryl methyl sites for hydroxylation is 1. The second kappa shape index (κ2) is 9.00. The van der Waals surface area contributed by atoms with Crippen molar-refractivity contribution in [3.63, 3.8) is 0 Å². The Bertz CT molecular complexity index is 1030. The van der Waals surface area contributed by atoms with Gasteiger partial charge in [0.1, 0.15) is 0 Å². The van der Waals surface area contributed by atoms with Gasteiger partial charge in [-0.3, -0.25) is 9.59 Å². The van der Waals surface area contributed by atoms with E-state index in [1.807, 2.05) is 32.0 Å². The number of anilines is 2. The van der Waals surface area contributed by atoms with Gasteiger partial charge in [0.05, 0.1) is 21.6 Å². The van der Waals surface area contributed by atoms with E-state index in [0.29, 0.717) is 17.8 Å². The van der Waals surface area contributed by atoms with E-state index in [-0.39, 0.29) is 34.1 Å². The predicted molar refractivity (Wildman–Crippen MR) is 116 cm³/mol. The maximum absolute atomic E-state index is 12.7. The molecule has 0 spiro atoms. The molecule has 2 aromatic rings. The second-order valence-corrected chi connectivity index (χ2v) is 10.2. The van der Waals surface area contributed by atoms with Crippen LogP contribution in [-0.2, 0) is 25.8 Å². The Kier molecular flexibility index (Phi) is 6.64. The fraction of sp³-hybridized carbons (Fsp3) is 0.333. The standard InChI is InChI=1S/C21H24N2O4S2/c1-3-14-6-5-7-15(12-14)22-20(24)10-11-29(26,27)16-8-9-17-19(13-16)28-18(4-2)21(25)23-17/h5-9,12-13,18H,3-4,10-11H2,1-2H3,(H,22,24)(H,23,25). The molecule has 0 bridgehead atoms. The molecule has 2 aromatic carbocycles. The zero-order chi connectivity index (χ0) is 21.0. The zero-order valence-corrected chi connectivity index (χ0v) is 18.0. The van der Waals surface area contributed by atoms with Crippen LogP contribution in [0.5, 0.6) is 0 Å².